The van der Waals surface area contributed by atoms with E-state index < -0.39 is 11.9 Å². The first kappa shape index (κ1) is 23.5. The van der Waals surface area contributed by atoms with E-state index in [0.717, 1.165) is 20.9 Å². The average molecular weight is 477 g/mol. The van der Waals surface area contributed by atoms with Crippen molar-refractivity contribution in [2.75, 3.05) is 26.1 Å². The molecule has 0 saturated heterocycles. The molecule has 0 aliphatic carbocycles. The Bertz CT molecular complexity index is 1230. The summed E-state index contributed by atoms with van der Waals surface area (Å²) in [5, 5.41) is 5.70. The second-order valence-electron chi connectivity index (χ2n) is 7.72. The standard InChI is InChI=1S/C26H24N2O5S/c1-32-15-16-7-9-17(10-8-16)20(26(31)33-2)14-27-24(29)18-11-12-23-21(13-18)28-25(30)19-5-3-4-6-22(19)34-23/h3-13,20H,14-15H2,1-2H3,(H,27,29)(H,28,30)/t20-/m0/s1. The number of rotatable bonds is 7. The SMILES string of the molecule is COCc1ccc([C@H](CNC(=O)c2ccc3c(c2)NC(=O)c2ccccc2S3)C(=O)OC)cc1. The quantitative estimate of drug-likeness (QED) is 0.496. The Morgan fingerprint density at radius 2 is 1.76 bits per heavy atom. The Balaban J connectivity index is 1.49. The predicted molar refractivity (Wildman–Crippen MR) is 129 cm³/mol. The number of carbonyl (C=O) groups is 3. The third-order valence-electron chi connectivity index (χ3n) is 5.49. The highest BCUT2D eigenvalue weighted by molar-refractivity contribution is 7.99. The van der Waals surface area contributed by atoms with Crippen molar-refractivity contribution in [1.82, 2.24) is 5.32 Å². The molecule has 8 heteroatoms. The van der Waals surface area contributed by atoms with Gasteiger partial charge in [-0.25, -0.2) is 0 Å². The molecule has 0 fully saturated rings. The zero-order valence-electron chi connectivity index (χ0n) is 18.8. The van der Waals surface area contributed by atoms with Crippen LogP contribution in [0, 0.1) is 0 Å². The van der Waals surface area contributed by atoms with Crippen LogP contribution >= 0.6 is 11.8 Å². The second kappa shape index (κ2) is 10.5. The van der Waals surface area contributed by atoms with Crippen LogP contribution in [0.1, 0.15) is 37.8 Å². The van der Waals surface area contributed by atoms with Gasteiger partial charge in [0.1, 0.15) is 0 Å². The summed E-state index contributed by atoms with van der Waals surface area (Å²) in [6.45, 7) is 0.539. The number of nitrogens with one attached hydrogen (secondary N) is 2. The maximum Gasteiger partial charge on any atom is 0.314 e. The number of esters is 1. The van der Waals surface area contributed by atoms with E-state index in [1.54, 1.807) is 25.3 Å². The van der Waals surface area contributed by atoms with Gasteiger partial charge in [0, 0.05) is 29.0 Å². The van der Waals surface area contributed by atoms with E-state index in [4.69, 9.17) is 9.47 Å². The van der Waals surface area contributed by atoms with Crippen molar-refractivity contribution in [3.05, 3.63) is 89.0 Å². The zero-order chi connectivity index (χ0) is 24.1. The highest BCUT2D eigenvalue weighted by atomic mass is 32.2. The van der Waals surface area contributed by atoms with E-state index in [-0.39, 0.29) is 18.4 Å². The summed E-state index contributed by atoms with van der Waals surface area (Å²) < 4.78 is 10.1. The Labute approximate surface area is 201 Å². The van der Waals surface area contributed by atoms with Gasteiger partial charge in [-0.15, -0.1) is 0 Å². The van der Waals surface area contributed by atoms with E-state index in [0.29, 0.717) is 23.4 Å². The summed E-state index contributed by atoms with van der Waals surface area (Å²) >= 11 is 1.47. The number of fused-ring (bicyclic) bond motifs is 2. The highest BCUT2D eigenvalue weighted by Crippen LogP contribution is 2.39. The van der Waals surface area contributed by atoms with Gasteiger partial charge in [0.25, 0.3) is 11.8 Å². The van der Waals surface area contributed by atoms with E-state index in [1.807, 2.05) is 48.5 Å². The minimum absolute atomic E-state index is 0.0682. The van der Waals surface area contributed by atoms with E-state index in [2.05, 4.69) is 10.6 Å². The third kappa shape index (κ3) is 5.13. The molecular formula is C26H24N2O5S. The maximum atomic E-state index is 12.9. The maximum absolute atomic E-state index is 12.9. The van der Waals surface area contributed by atoms with Crippen LogP contribution in [0.3, 0.4) is 0 Å². The molecule has 0 bridgehead atoms. The summed E-state index contributed by atoms with van der Waals surface area (Å²) in [5.41, 5.74) is 3.25. The van der Waals surface area contributed by atoms with E-state index >= 15 is 0 Å². The summed E-state index contributed by atoms with van der Waals surface area (Å²) in [6.07, 6.45) is 0. The van der Waals surface area contributed by atoms with Crippen molar-refractivity contribution < 1.29 is 23.9 Å². The predicted octanol–water partition coefficient (Wildman–Crippen LogP) is 4.24. The molecule has 0 spiro atoms. The number of amides is 2. The largest absolute Gasteiger partial charge is 0.468 e. The molecule has 3 aromatic rings. The Kier molecular flexibility index (Phi) is 7.30. The van der Waals surface area contributed by atoms with Crippen molar-refractivity contribution in [3.8, 4) is 0 Å². The van der Waals surface area contributed by atoms with E-state index in [1.165, 1.54) is 18.9 Å². The van der Waals surface area contributed by atoms with Crippen molar-refractivity contribution in [3.63, 3.8) is 0 Å². The minimum atomic E-state index is -0.656. The van der Waals surface area contributed by atoms with Crippen molar-refractivity contribution in [1.29, 1.82) is 0 Å². The smallest absolute Gasteiger partial charge is 0.314 e. The Morgan fingerprint density at radius 1 is 1.00 bits per heavy atom. The fraction of sp³-hybridized carbons (Fsp3) is 0.192. The van der Waals surface area contributed by atoms with Crippen LogP contribution in [0.15, 0.2) is 76.5 Å². The number of carbonyl (C=O) groups excluding carboxylic acids is 3. The molecule has 34 heavy (non-hydrogen) atoms. The summed E-state index contributed by atoms with van der Waals surface area (Å²) in [7, 11) is 2.94. The molecule has 1 aliphatic heterocycles. The van der Waals surface area contributed by atoms with Crippen molar-refractivity contribution >= 4 is 35.2 Å². The summed E-state index contributed by atoms with van der Waals surface area (Å²) in [5.74, 6) is -1.67. The van der Waals surface area contributed by atoms with Crippen LogP contribution in [0.5, 0.6) is 0 Å². The molecule has 174 valence electrons. The van der Waals surface area contributed by atoms with Gasteiger partial charge in [-0.2, -0.15) is 0 Å². The lowest BCUT2D eigenvalue weighted by atomic mass is 9.97. The molecule has 0 aromatic heterocycles. The third-order valence-corrected chi connectivity index (χ3v) is 6.64. The lowest BCUT2D eigenvalue weighted by Crippen LogP contribution is -2.32. The monoisotopic (exact) mass is 476 g/mol. The van der Waals surface area contributed by atoms with Crippen LogP contribution in [0.2, 0.25) is 0 Å². The van der Waals surface area contributed by atoms with Gasteiger partial charge in [-0.3, -0.25) is 14.4 Å². The Morgan fingerprint density at radius 3 is 2.50 bits per heavy atom. The van der Waals surface area contributed by atoms with Crippen LogP contribution < -0.4 is 10.6 Å². The van der Waals surface area contributed by atoms with Gasteiger partial charge in [-0.1, -0.05) is 48.2 Å². The first-order valence-electron chi connectivity index (χ1n) is 10.7. The molecule has 2 amide bonds. The Hall–Kier alpha value is -3.62. The lowest BCUT2D eigenvalue weighted by molar-refractivity contribution is -0.142. The van der Waals surface area contributed by atoms with Crippen LogP contribution in [-0.2, 0) is 20.9 Å². The normalized spacial score (nSPS) is 13.1. The van der Waals surface area contributed by atoms with Gasteiger partial charge in [0.05, 0.1) is 30.9 Å². The van der Waals surface area contributed by atoms with Gasteiger partial charge >= 0.3 is 5.97 Å². The first-order chi connectivity index (χ1) is 16.5. The minimum Gasteiger partial charge on any atom is -0.468 e. The molecule has 3 aromatic carbocycles. The lowest BCUT2D eigenvalue weighted by Gasteiger charge is -2.17. The number of hydrogen-bond acceptors (Lipinski definition) is 6. The van der Waals surface area contributed by atoms with Gasteiger partial charge in [-0.05, 0) is 41.5 Å². The van der Waals surface area contributed by atoms with Crippen molar-refractivity contribution in [2.45, 2.75) is 22.3 Å². The molecule has 1 heterocycles. The summed E-state index contributed by atoms with van der Waals surface area (Å²) in [6, 6.07) is 19.9. The number of anilines is 1. The number of hydrogen-bond donors (Lipinski definition) is 2. The zero-order valence-corrected chi connectivity index (χ0v) is 19.6. The van der Waals surface area contributed by atoms with Gasteiger partial charge in [0.15, 0.2) is 0 Å². The van der Waals surface area contributed by atoms with Gasteiger partial charge < -0.3 is 20.1 Å². The molecule has 2 N–H and O–H groups in total. The number of benzene rings is 3. The van der Waals surface area contributed by atoms with Crippen LogP contribution in [0.25, 0.3) is 0 Å². The fourth-order valence-corrected chi connectivity index (χ4v) is 4.71. The first-order valence-corrected chi connectivity index (χ1v) is 11.5. The number of methoxy groups -OCH3 is 2. The summed E-state index contributed by atoms with van der Waals surface area (Å²) in [4.78, 5) is 39.6. The van der Waals surface area contributed by atoms with Crippen molar-refractivity contribution in [2.24, 2.45) is 0 Å². The molecule has 0 radical (unpaired) electrons. The van der Waals surface area contributed by atoms with Gasteiger partial charge in [0.2, 0.25) is 0 Å². The molecule has 0 saturated carbocycles. The topological polar surface area (TPSA) is 93.7 Å². The van der Waals surface area contributed by atoms with E-state index in [9.17, 15) is 14.4 Å². The molecule has 1 aliphatic rings. The highest BCUT2D eigenvalue weighted by Gasteiger charge is 2.24. The second-order valence-corrected chi connectivity index (χ2v) is 8.81. The molecule has 7 nitrogen and oxygen atoms in total. The number of ether oxygens (including phenoxy) is 2. The molecule has 1 atom stereocenters. The fourth-order valence-electron chi connectivity index (χ4n) is 3.70. The average Bonchev–Trinajstić information content (AvgIpc) is 3.00. The van der Waals surface area contributed by atoms with Crippen LogP contribution in [0.4, 0.5) is 5.69 Å². The molecule has 0 unspecified atom stereocenters. The molecule has 4 rings (SSSR count). The van der Waals surface area contributed by atoms with Crippen LogP contribution in [-0.4, -0.2) is 38.5 Å². The molecular weight excluding hydrogens is 452 g/mol.